The third-order valence-corrected chi connectivity index (χ3v) is 2.08. The van der Waals surface area contributed by atoms with Gasteiger partial charge in [-0.3, -0.25) is 0 Å². The fraction of sp³-hybridized carbons (Fsp3) is 0.455. The van der Waals surface area contributed by atoms with Gasteiger partial charge in [-0.25, -0.2) is 8.78 Å². The van der Waals surface area contributed by atoms with Crippen LogP contribution in [0.3, 0.4) is 0 Å². The number of anilines is 1. The molecule has 1 aromatic carbocycles. The predicted molar refractivity (Wildman–Crippen MR) is 58.5 cm³/mol. The number of halogens is 2. The smallest absolute Gasteiger partial charge is 0.250 e. The maximum atomic E-state index is 11.8. The van der Waals surface area contributed by atoms with E-state index in [4.69, 9.17) is 0 Å². The lowest BCUT2D eigenvalue weighted by molar-refractivity contribution is 0.145. The van der Waals surface area contributed by atoms with Crippen LogP contribution >= 0.6 is 0 Å². The van der Waals surface area contributed by atoms with Crippen molar-refractivity contribution in [3.63, 3.8) is 0 Å². The van der Waals surface area contributed by atoms with E-state index in [0.717, 1.165) is 11.3 Å². The zero-order valence-corrected chi connectivity index (χ0v) is 9.00. The molecule has 0 saturated heterocycles. The molecule has 1 aromatic rings. The minimum absolute atomic E-state index is 0.255. The molecule has 0 aliphatic heterocycles. The van der Waals surface area contributed by atoms with E-state index in [1.54, 1.807) is 0 Å². The summed E-state index contributed by atoms with van der Waals surface area (Å²) in [6.07, 6.45) is -2.29. The molecule has 0 bridgehead atoms. The summed E-state index contributed by atoms with van der Waals surface area (Å²) in [7, 11) is 3.92. The summed E-state index contributed by atoms with van der Waals surface area (Å²) in [4.78, 5) is 2.00. The van der Waals surface area contributed by atoms with Crippen LogP contribution in [0.5, 0.6) is 0 Å². The molecule has 0 heterocycles. The van der Waals surface area contributed by atoms with Crippen molar-refractivity contribution in [1.29, 1.82) is 0 Å². The predicted octanol–water partition coefficient (Wildman–Crippen LogP) is 2.11. The zero-order chi connectivity index (χ0) is 11.3. The Balaban J connectivity index is 2.43. The van der Waals surface area contributed by atoms with Crippen molar-refractivity contribution in [1.82, 2.24) is 5.32 Å². The summed E-state index contributed by atoms with van der Waals surface area (Å²) in [6.45, 7) is 0.230. The lowest BCUT2D eigenvalue weighted by Gasteiger charge is -2.12. The van der Waals surface area contributed by atoms with Crippen molar-refractivity contribution in [2.24, 2.45) is 0 Å². The van der Waals surface area contributed by atoms with Crippen LogP contribution in [0, 0.1) is 0 Å². The van der Waals surface area contributed by atoms with Gasteiger partial charge in [0.05, 0.1) is 6.54 Å². The first-order valence-corrected chi connectivity index (χ1v) is 4.84. The van der Waals surface area contributed by atoms with E-state index in [-0.39, 0.29) is 6.54 Å². The highest BCUT2D eigenvalue weighted by Crippen LogP contribution is 2.11. The molecule has 0 spiro atoms. The second-order valence-electron chi connectivity index (χ2n) is 3.58. The quantitative estimate of drug-likeness (QED) is 0.807. The number of benzene rings is 1. The van der Waals surface area contributed by atoms with E-state index in [1.807, 2.05) is 43.3 Å². The maximum Gasteiger partial charge on any atom is 0.250 e. The Morgan fingerprint density at radius 3 is 2.27 bits per heavy atom. The molecule has 0 aliphatic rings. The SMILES string of the molecule is CN(C)c1ccc(CNCC(F)F)cc1. The lowest BCUT2D eigenvalue weighted by Crippen LogP contribution is -2.20. The van der Waals surface area contributed by atoms with Crippen LogP contribution in [0.4, 0.5) is 14.5 Å². The Morgan fingerprint density at radius 1 is 1.20 bits per heavy atom. The average molecular weight is 214 g/mol. The number of alkyl halides is 2. The van der Waals surface area contributed by atoms with Crippen molar-refractivity contribution in [2.45, 2.75) is 13.0 Å². The van der Waals surface area contributed by atoms with Crippen molar-refractivity contribution in [2.75, 3.05) is 25.5 Å². The summed E-state index contributed by atoms with van der Waals surface area (Å²) in [6, 6.07) is 7.82. The molecular formula is C11H16F2N2. The molecule has 1 N–H and O–H groups in total. The van der Waals surface area contributed by atoms with Crippen LogP contribution in [-0.4, -0.2) is 27.1 Å². The average Bonchev–Trinajstić information content (AvgIpc) is 2.18. The first-order chi connectivity index (χ1) is 7.09. The first-order valence-electron chi connectivity index (χ1n) is 4.84. The standard InChI is InChI=1S/C11H16F2N2/c1-15(2)10-5-3-9(4-6-10)7-14-8-11(12)13/h3-6,11,14H,7-8H2,1-2H3. The Labute approximate surface area is 88.9 Å². The van der Waals surface area contributed by atoms with E-state index in [1.165, 1.54) is 0 Å². The van der Waals surface area contributed by atoms with Crippen LogP contribution in [0.25, 0.3) is 0 Å². The Bertz CT molecular complexity index is 283. The normalized spacial score (nSPS) is 10.7. The molecule has 0 atom stereocenters. The van der Waals surface area contributed by atoms with Gasteiger partial charge in [0.1, 0.15) is 0 Å². The maximum absolute atomic E-state index is 11.8. The molecule has 84 valence electrons. The van der Waals surface area contributed by atoms with Crippen LogP contribution in [-0.2, 0) is 6.54 Å². The number of hydrogen-bond donors (Lipinski definition) is 1. The molecule has 0 aromatic heterocycles. The molecular weight excluding hydrogens is 198 g/mol. The first kappa shape index (κ1) is 11.9. The Kier molecular flexibility index (Phi) is 4.49. The number of hydrogen-bond acceptors (Lipinski definition) is 2. The second kappa shape index (κ2) is 5.66. The summed E-state index contributed by atoms with van der Waals surface area (Å²) >= 11 is 0. The summed E-state index contributed by atoms with van der Waals surface area (Å²) in [5.41, 5.74) is 2.12. The topological polar surface area (TPSA) is 15.3 Å². The number of nitrogens with one attached hydrogen (secondary N) is 1. The fourth-order valence-electron chi connectivity index (χ4n) is 1.24. The van der Waals surface area contributed by atoms with Crippen molar-refractivity contribution < 1.29 is 8.78 Å². The van der Waals surface area contributed by atoms with Gasteiger partial charge in [0.2, 0.25) is 0 Å². The van der Waals surface area contributed by atoms with Crippen LogP contribution < -0.4 is 10.2 Å². The van der Waals surface area contributed by atoms with Crippen molar-refractivity contribution >= 4 is 5.69 Å². The highest BCUT2D eigenvalue weighted by atomic mass is 19.3. The van der Waals surface area contributed by atoms with Crippen molar-refractivity contribution in [3.8, 4) is 0 Å². The third-order valence-electron chi connectivity index (χ3n) is 2.08. The van der Waals surface area contributed by atoms with Gasteiger partial charge in [0.15, 0.2) is 0 Å². The summed E-state index contributed by atoms with van der Waals surface area (Å²) < 4.78 is 23.7. The van der Waals surface area contributed by atoms with Gasteiger partial charge >= 0.3 is 0 Å². The van der Waals surface area contributed by atoms with Gasteiger partial charge in [-0.05, 0) is 17.7 Å². The van der Waals surface area contributed by atoms with Gasteiger partial charge in [0.25, 0.3) is 6.43 Å². The van der Waals surface area contributed by atoms with E-state index < -0.39 is 6.43 Å². The monoisotopic (exact) mass is 214 g/mol. The van der Waals surface area contributed by atoms with Crippen LogP contribution in [0.2, 0.25) is 0 Å². The number of nitrogens with zero attached hydrogens (tertiary/aromatic N) is 1. The number of rotatable bonds is 5. The molecule has 0 amide bonds. The molecule has 0 radical (unpaired) electrons. The largest absolute Gasteiger partial charge is 0.378 e. The van der Waals surface area contributed by atoms with E-state index in [9.17, 15) is 8.78 Å². The fourth-order valence-corrected chi connectivity index (χ4v) is 1.24. The van der Waals surface area contributed by atoms with Crippen LogP contribution in [0.15, 0.2) is 24.3 Å². The highest BCUT2D eigenvalue weighted by Gasteiger charge is 2.01. The lowest BCUT2D eigenvalue weighted by atomic mass is 10.2. The summed E-state index contributed by atoms with van der Waals surface area (Å²) in [5.74, 6) is 0. The van der Waals surface area contributed by atoms with Gasteiger partial charge in [-0.15, -0.1) is 0 Å². The van der Waals surface area contributed by atoms with Crippen LogP contribution in [0.1, 0.15) is 5.56 Å². The third kappa shape index (κ3) is 4.25. The zero-order valence-electron chi connectivity index (χ0n) is 9.00. The van der Waals surface area contributed by atoms with E-state index in [0.29, 0.717) is 6.54 Å². The molecule has 0 saturated carbocycles. The minimum Gasteiger partial charge on any atom is -0.378 e. The molecule has 1 rings (SSSR count). The van der Waals surface area contributed by atoms with E-state index in [2.05, 4.69) is 5.32 Å². The molecule has 4 heteroatoms. The van der Waals surface area contributed by atoms with Gasteiger partial charge in [-0.2, -0.15) is 0 Å². The van der Waals surface area contributed by atoms with Gasteiger partial charge < -0.3 is 10.2 Å². The van der Waals surface area contributed by atoms with Crippen molar-refractivity contribution in [3.05, 3.63) is 29.8 Å². The second-order valence-corrected chi connectivity index (χ2v) is 3.58. The van der Waals surface area contributed by atoms with Gasteiger partial charge in [-0.1, -0.05) is 12.1 Å². The molecule has 15 heavy (non-hydrogen) atoms. The molecule has 2 nitrogen and oxygen atoms in total. The molecule has 0 unspecified atom stereocenters. The minimum atomic E-state index is -2.29. The molecule has 0 aliphatic carbocycles. The van der Waals surface area contributed by atoms with Gasteiger partial charge in [0, 0.05) is 26.3 Å². The van der Waals surface area contributed by atoms with E-state index >= 15 is 0 Å². The molecule has 0 fully saturated rings. The Morgan fingerprint density at radius 2 is 1.80 bits per heavy atom. The highest BCUT2D eigenvalue weighted by molar-refractivity contribution is 5.45. The summed E-state index contributed by atoms with van der Waals surface area (Å²) in [5, 5.41) is 2.69. The Hall–Kier alpha value is -1.16.